The summed E-state index contributed by atoms with van der Waals surface area (Å²) >= 11 is 0. The summed E-state index contributed by atoms with van der Waals surface area (Å²) in [6.07, 6.45) is 1.60. The van der Waals surface area contributed by atoms with Gasteiger partial charge in [0.25, 0.3) is 5.91 Å². The molecule has 0 aromatic heterocycles. The maximum absolute atomic E-state index is 13.4. The van der Waals surface area contributed by atoms with Crippen molar-refractivity contribution in [2.24, 2.45) is 0 Å². The molecule has 2 aromatic carbocycles. The van der Waals surface area contributed by atoms with Crippen LogP contribution < -0.4 is 4.90 Å². The topological polar surface area (TPSA) is 54.5 Å². The number of rotatable bonds is 3. The molecule has 28 heavy (non-hydrogen) atoms. The molecular weight excluding hydrogens is 370 g/mol. The van der Waals surface area contributed by atoms with Gasteiger partial charge in [0.1, 0.15) is 0 Å². The lowest BCUT2D eigenvalue weighted by Crippen LogP contribution is -2.41. The van der Waals surface area contributed by atoms with Gasteiger partial charge in [0.2, 0.25) is 0 Å². The molecule has 0 radical (unpaired) electrons. The molecule has 0 fully saturated rings. The number of hydrogen-bond donors (Lipinski definition) is 0. The van der Waals surface area contributed by atoms with Gasteiger partial charge in [-0.2, -0.15) is 0 Å². The Labute approximate surface area is 167 Å². The number of sulfone groups is 1. The van der Waals surface area contributed by atoms with Crippen LogP contribution in [-0.2, 0) is 15.3 Å². The van der Waals surface area contributed by atoms with Gasteiger partial charge in [-0.1, -0.05) is 39.0 Å². The lowest BCUT2D eigenvalue weighted by molar-refractivity contribution is 0.0983. The van der Waals surface area contributed by atoms with Crippen molar-refractivity contribution >= 4 is 21.4 Å². The van der Waals surface area contributed by atoms with E-state index in [0.29, 0.717) is 11.3 Å². The highest BCUT2D eigenvalue weighted by molar-refractivity contribution is 7.94. The number of carbonyl (C=O) groups excluding carboxylic acids is 1. The highest BCUT2D eigenvalue weighted by Crippen LogP contribution is 2.28. The van der Waals surface area contributed by atoms with Crippen LogP contribution >= 0.6 is 0 Å². The van der Waals surface area contributed by atoms with E-state index in [0.717, 1.165) is 16.7 Å². The fraction of sp³-hybridized carbons (Fsp3) is 0.348. The Kier molecular flexibility index (Phi) is 5.24. The predicted molar refractivity (Wildman–Crippen MR) is 115 cm³/mol. The summed E-state index contributed by atoms with van der Waals surface area (Å²) in [5, 5.41) is 1.21. The monoisotopic (exact) mass is 397 g/mol. The minimum absolute atomic E-state index is 0.00238. The average Bonchev–Trinajstić information content (AvgIpc) is 2.97. The first-order valence-corrected chi connectivity index (χ1v) is 11.1. The zero-order valence-electron chi connectivity index (χ0n) is 17.1. The number of aryl methyl sites for hydroxylation is 2. The van der Waals surface area contributed by atoms with E-state index in [9.17, 15) is 13.2 Å². The van der Waals surface area contributed by atoms with E-state index in [-0.39, 0.29) is 17.1 Å². The molecule has 0 bridgehead atoms. The van der Waals surface area contributed by atoms with Gasteiger partial charge in [0.05, 0.1) is 11.8 Å². The van der Waals surface area contributed by atoms with E-state index < -0.39 is 15.9 Å². The Bertz CT molecular complexity index is 1030. The Morgan fingerprint density at radius 2 is 1.64 bits per heavy atom. The van der Waals surface area contributed by atoms with Crippen LogP contribution in [0.3, 0.4) is 0 Å². The predicted octanol–water partition coefficient (Wildman–Crippen LogP) is 4.56. The van der Waals surface area contributed by atoms with Crippen LogP contribution in [0.2, 0.25) is 0 Å². The molecule has 0 aliphatic carbocycles. The quantitative estimate of drug-likeness (QED) is 0.763. The van der Waals surface area contributed by atoms with Crippen LogP contribution in [0.25, 0.3) is 0 Å². The Balaban J connectivity index is 2.02. The van der Waals surface area contributed by atoms with Crippen molar-refractivity contribution in [1.29, 1.82) is 0 Å². The molecule has 1 heterocycles. The van der Waals surface area contributed by atoms with Gasteiger partial charge in [-0.25, -0.2) is 8.42 Å². The first kappa shape index (κ1) is 20.3. The molecular formula is C23H27NO3S. The summed E-state index contributed by atoms with van der Waals surface area (Å²) in [6, 6.07) is 12.8. The zero-order chi connectivity index (χ0) is 20.7. The summed E-state index contributed by atoms with van der Waals surface area (Å²) in [7, 11) is -3.28. The third-order valence-corrected chi connectivity index (χ3v) is 6.61. The van der Waals surface area contributed by atoms with E-state index >= 15 is 0 Å². The average molecular weight is 398 g/mol. The van der Waals surface area contributed by atoms with E-state index in [4.69, 9.17) is 0 Å². The number of anilines is 1. The lowest BCUT2D eigenvalue weighted by atomic mass is 9.86. The van der Waals surface area contributed by atoms with Crippen molar-refractivity contribution in [3.05, 3.63) is 76.2 Å². The highest BCUT2D eigenvalue weighted by atomic mass is 32.2. The molecule has 1 atom stereocenters. The second kappa shape index (κ2) is 7.21. The Morgan fingerprint density at radius 3 is 2.14 bits per heavy atom. The largest absolute Gasteiger partial charge is 0.300 e. The van der Waals surface area contributed by atoms with Crippen molar-refractivity contribution < 1.29 is 13.2 Å². The molecule has 148 valence electrons. The molecule has 5 heteroatoms. The molecule has 2 aromatic rings. The molecule has 0 N–H and O–H groups in total. The van der Waals surface area contributed by atoms with Gasteiger partial charge < -0.3 is 4.90 Å². The minimum Gasteiger partial charge on any atom is -0.300 e. The van der Waals surface area contributed by atoms with Crippen molar-refractivity contribution in [3.63, 3.8) is 0 Å². The van der Waals surface area contributed by atoms with Crippen molar-refractivity contribution in [1.82, 2.24) is 0 Å². The van der Waals surface area contributed by atoms with Crippen LogP contribution in [0.4, 0.5) is 5.69 Å². The number of carbonyl (C=O) groups is 1. The minimum atomic E-state index is -3.28. The van der Waals surface area contributed by atoms with Crippen molar-refractivity contribution in [2.45, 2.75) is 46.1 Å². The van der Waals surface area contributed by atoms with Crippen LogP contribution in [0, 0.1) is 13.8 Å². The van der Waals surface area contributed by atoms with Gasteiger partial charge in [0.15, 0.2) is 9.84 Å². The van der Waals surface area contributed by atoms with Crippen LogP contribution in [0.5, 0.6) is 0 Å². The molecule has 1 aliphatic heterocycles. The normalized spacial score (nSPS) is 18.2. The van der Waals surface area contributed by atoms with Crippen molar-refractivity contribution in [2.75, 3.05) is 10.7 Å². The third-order valence-electron chi connectivity index (χ3n) is 5.23. The summed E-state index contributed by atoms with van der Waals surface area (Å²) < 4.78 is 24.0. The molecule has 0 saturated heterocycles. The Morgan fingerprint density at radius 1 is 1.00 bits per heavy atom. The van der Waals surface area contributed by atoms with Gasteiger partial charge in [-0.15, -0.1) is 0 Å². The van der Waals surface area contributed by atoms with E-state index in [1.807, 2.05) is 56.3 Å². The van der Waals surface area contributed by atoms with Gasteiger partial charge in [-0.05, 0) is 66.3 Å². The van der Waals surface area contributed by atoms with Gasteiger partial charge >= 0.3 is 0 Å². The fourth-order valence-electron chi connectivity index (χ4n) is 3.31. The van der Waals surface area contributed by atoms with Gasteiger partial charge in [0, 0.05) is 16.7 Å². The molecule has 3 rings (SSSR count). The summed E-state index contributed by atoms with van der Waals surface area (Å²) in [5.41, 5.74) is 4.58. The number of benzene rings is 2. The van der Waals surface area contributed by atoms with Crippen LogP contribution in [0.15, 0.2) is 53.9 Å². The van der Waals surface area contributed by atoms with E-state index in [1.54, 1.807) is 11.0 Å². The SMILES string of the molecule is Cc1ccc(N(C(=O)c2ccc(C(C)(C)C)cc2)[C@H]2C=CS(=O)(=O)C2)cc1C. The zero-order valence-corrected chi connectivity index (χ0v) is 17.9. The second-order valence-electron chi connectivity index (χ2n) is 8.50. The first-order valence-electron chi connectivity index (χ1n) is 9.40. The summed E-state index contributed by atoms with van der Waals surface area (Å²) in [6.45, 7) is 10.4. The molecule has 0 spiro atoms. The van der Waals surface area contributed by atoms with E-state index in [2.05, 4.69) is 20.8 Å². The summed E-state index contributed by atoms with van der Waals surface area (Å²) in [5.74, 6) is -0.290. The number of hydrogen-bond acceptors (Lipinski definition) is 3. The standard InChI is InChI=1S/C23H27NO3S/c1-16-6-11-20(14-17(16)2)24(21-12-13-28(26,27)15-21)22(25)18-7-9-19(10-8-18)23(3,4)5/h6-14,21H,15H2,1-5H3/t21-/m0/s1. The fourth-order valence-corrected chi connectivity index (χ4v) is 4.57. The molecule has 0 saturated carbocycles. The Hall–Kier alpha value is -2.40. The second-order valence-corrected chi connectivity index (χ2v) is 10.4. The van der Waals surface area contributed by atoms with Gasteiger partial charge in [-0.3, -0.25) is 4.79 Å². The number of amides is 1. The van der Waals surface area contributed by atoms with E-state index in [1.165, 1.54) is 5.41 Å². The molecule has 0 unspecified atom stereocenters. The molecule has 4 nitrogen and oxygen atoms in total. The van der Waals surface area contributed by atoms with Crippen molar-refractivity contribution in [3.8, 4) is 0 Å². The first-order chi connectivity index (χ1) is 13.0. The third kappa shape index (κ3) is 4.20. The molecule has 1 aliphatic rings. The molecule has 1 amide bonds. The number of nitrogens with zero attached hydrogens (tertiary/aromatic N) is 1. The smallest absolute Gasteiger partial charge is 0.258 e. The maximum atomic E-state index is 13.4. The van der Waals surface area contributed by atoms with Crippen LogP contribution in [0.1, 0.15) is 47.8 Å². The van der Waals surface area contributed by atoms with Crippen LogP contribution in [-0.4, -0.2) is 26.1 Å². The maximum Gasteiger partial charge on any atom is 0.258 e. The lowest BCUT2D eigenvalue weighted by Gasteiger charge is -2.29. The summed E-state index contributed by atoms with van der Waals surface area (Å²) in [4.78, 5) is 15.0. The highest BCUT2D eigenvalue weighted by Gasteiger charge is 2.32.